The molecule has 2 aromatic heterocycles. The highest BCUT2D eigenvalue weighted by Gasteiger charge is 2.30. The third kappa shape index (κ3) is 5.94. The Morgan fingerprint density at radius 1 is 1.23 bits per heavy atom. The number of carbonyl (C=O) groups excluding carboxylic acids is 1. The van der Waals surface area contributed by atoms with Crippen molar-refractivity contribution in [3.63, 3.8) is 0 Å². The van der Waals surface area contributed by atoms with Gasteiger partial charge in [-0.2, -0.15) is 0 Å². The zero-order valence-corrected chi connectivity index (χ0v) is 21.5. The van der Waals surface area contributed by atoms with E-state index in [1.807, 2.05) is 30.3 Å². The molecule has 8 heteroatoms. The van der Waals surface area contributed by atoms with E-state index >= 15 is 0 Å². The maximum absolute atomic E-state index is 13.4. The molecule has 0 fully saturated rings. The summed E-state index contributed by atoms with van der Waals surface area (Å²) in [6.07, 6.45) is 6.26. The Morgan fingerprint density at radius 3 is 2.77 bits per heavy atom. The number of anilines is 1. The van der Waals surface area contributed by atoms with Crippen molar-refractivity contribution in [2.75, 3.05) is 11.9 Å². The van der Waals surface area contributed by atoms with Gasteiger partial charge in [-0.15, -0.1) is 0 Å². The number of rotatable bonds is 7. The number of nitrogens with zero attached hydrogens (tertiary/aromatic N) is 3. The molecule has 1 unspecified atom stereocenters. The number of hydrogen-bond donors (Lipinski definition) is 1. The predicted octanol–water partition coefficient (Wildman–Crippen LogP) is 4.69. The lowest BCUT2D eigenvalue weighted by molar-refractivity contribution is -0.123. The summed E-state index contributed by atoms with van der Waals surface area (Å²) in [7, 11) is -1.38. The van der Waals surface area contributed by atoms with E-state index in [1.165, 1.54) is 0 Å². The van der Waals surface area contributed by atoms with Crippen LogP contribution in [0.1, 0.15) is 43.9 Å². The lowest BCUT2D eigenvalue weighted by atomic mass is 9.84. The van der Waals surface area contributed by atoms with Gasteiger partial charge >= 0.3 is 0 Å². The van der Waals surface area contributed by atoms with Crippen molar-refractivity contribution in [2.45, 2.75) is 58.1 Å². The van der Waals surface area contributed by atoms with Gasteiger partial charge in [0.2, 0.25) is 11.8 Å². The Morgan fingerprint density at radius 2 is 2.03 bits per heavy atom. The minimum atomic E-state index is -1.38. The molecule has 4 rings (SSSR count). The van der Waals surface area contributed by atoms with Crippen LogP contribution < -0.4 is 10.1 Å². The largest absolute Gasteiger partial charge is 0.472 e. The first-order valence-electron chi connectivity index (χ1n) is 11.8. The van der Waals surface area contributed by atoms with E-state index in [2.05, 4.69) is 47.3 Å². The third-order valence-electron chi connectivity index (χ3n) is 6.24. The Bertz CT molecular complexity index is 1220. The van der Waals surface area contributed by atoms with Gasteiger partial charge in [-0.1, -0.05) is 39.0 Å². The Hall–Kier alpha value is -3.10. The van der Waals surface area contributed by atoms with Crippen LogP contribution in [0.4, 0.5) is 5.69 Å². The number of hydrogen-bond acceptors (Lipinski definition) is 5. The first-order chi connectivity index (χ1) is 16.8. The van der Waals surface area contributed by atoms with Crippen molar-refractivity contribution < 1.29 is 13.7 Å². The summed E-state index contributed by atoms with van der Waals surface area (Å²) in [5.74, 6) is 0.389. The van der Waals surface area contributed by atoms with Crippen molar-refractivity contribution >= 4 is 22.6 Å². The van der Waals surface area contributed by atoms with E-state index in [9.17, 15) is 9.00 Å². The second-order valence-electron chi connectivity index (χ2n) is 9.54. The minimum absolute atomic E-state index is 0.0618. The monoisotopic (exact) mass is 492 g/mol. The van der Waals surface area contributed by atoms with Crippen LogP contribution in [-0.2, 0) is 28.7 Å². The number of fused-ring (bicyclic) bond motifs is 1. The second-order valence-corrected chi connectivity index (χ2v) is 11.0. The average Bonchev–Trinajstić information content (AvgIpc) is 2.98. The predicted molar refractivity (Wildman–Crippen MR) is 137 cm³/mol. The average molecular weight is 493 g/mol. The number of nitrogens with one attached hydrogen (secondary N) is 1. The molecule has 3 heterocycles. The number of pyridine rings is 2. The summed E-state index contributed by atoms with van der Waals surface area (Å²) in [6, 6.07) is 13.5. The summed E-state index contributed by atoms with van der Waals surface area (Å²) < 4.78 is 21.4. The molecule has 1 aliphatic heterocycles. The number of ether oxygens (including phenoxy) is 1. The third-order valence-corrected chi connectivity index (χ3v) is 7.67. The van der Waals surface area contributed by atoms with Crippen LogP contribution in [0.25, 0.3) is 0 Å². The molecule has 0 radical (unpaired) electrons. The molecule has 1 aromatic carbocycles. The van der Waals surface area contributed by atoms with Gasteiger partial charge in [0.1, 0.15) is 22.0 Å². The van der Waals surface area contributed by atoms with Gasteiger partial charge in [0.25, 0.3) is 0 Å². The van der Waals surface area contributed by atoms with E-state index in [-0.39, 0.29) is 12.0 Å². The highest BCUT2D eigenvalue weighted by Crippen LogP contribution is 2.30. The van der Waals surface area contributed by atoms with Crippen LogP contribution in [0.3, 0.4) is 0 Å². The smallest absolute Gasteiger partial charge is 0.231 e. The van der Waals surface area contributed by atoms with Crippen LogP contribution >= 0.6 is 0 Å². The van der Waals surface area contributed by atoms with Crippen molar-refractivity contribution in [3.8, 4) is 5.88 Å². The number of carbonyl (C=O) groups is 1. The molecule has 3 aromatic rings. The first kappa shape index (κ1) is 25.0. The van der Waals surface area contributed by atoms with Crippen LogP contribution in [0.15, 0.2) is 66.0 Å². The molecule has 7 nitrogen and oxygen atoms in total. The highest BCUT2D eigenvalue weighted by molar-refractivity contribution is 7.82. The van der Waals surface area contributed by atoms with E-state index < -0.39 is 16.4 Å². The lowest BCUT2D eigenvalue weighted by Gasteiger charge is -2.25. The van der Waals surface area contributed by atoms with Crippen LogP contribution in [0.5, 0.6) is 5.88 Å². The quantitative estimate of drug-likeness (QED) is 0.517. The van der Waals surface area contributed by atoms with Crippen molar-refractivity contribution in [2.24, 2.45) is 5.41 Å². The SMILES string of the molecule is CC[C@@H]1CN(Cc2cc(CC(C)(C)C(=O)Nc3cccnc3)ccc2C)S(=O)c2cccnc2O1. The van der Waals surface area contributed by atoms with Gasteiger partial charge in [-0.3, -0.25) is 9.78 Å². The zero-order valence-electron chi connectivity index (χ0n) is 20.7. The van der Waals surface area contributed by atoms with E-state index in [1.54, 1.807) is 30.7 Å². The summed E-state index contributed by atoms with van der Waals surface area (Å²) in [4.78, 5) is 21.9. The molecule has 2 atom stereocenters. The van der Waals surface area contributed by atoms with Crippen LogP contribution in [0.2, 0.25) is 0 Å². The fourth-order valence-electron chi connectivity index (χ4n) is 4.08. The highest BCUT2D eigenvalue weighted by atomic mass is 32.2. The first-order valence-corrected chi connectivity index (χ1v) is 13.0. The summed E-state index contributed by atoms with van der Waals surface area (Å²) >= 11 is 0. The molecule has 0 saturated heterocycles. The van der Waals surface area contributed by atoms with Gasteiger partial charge in [0.05, 0.1) is 11.9 Å². The molecule has 0 bridgehead atoms. The molecule has 0 saturated carbocycles. The van der Waals surface area contributed by atoms with Gasteiger partial charge in [0, 0.05) is 30.9 Å². The molecule has 1 N–H and O–H groups in total. The normalized spacial score (nSPS) is 18.3. The van der Waals surface area contributed by atoms with Gasteiger partial charge in [-0.25, -0.2) is 13.5 Å². The molecule has 35 heavy (non-hydrogen) atoms. The van der Waals surface area contributed by atoms with E-state index in [4.69, 9.17) is 4.74 Å². The second kappa shape index (κ2) is 10.7. The van der Waals surface area contributed by atoms with Gasteiger partial charge in [0.15, 0.2) is 0 Å². The molecular formula is C27H32N4O3S. The van der Waals surface area contributed by atoms with E-state index in [0.29, 0.717) is 36.0 Å². The molecule has 0 aliphatic carbocycles. The Labute approximate surface area is 209 Å². The standard InChI is InChI=1S/C27H32N4O3S/c1-5-23-18-31(35(33)24-9-7-13-29-25(24)34-23)17-21-14-20(11-10-19(21)2)15-27(3,4)26(32)30-22-8-6-12-28-16-22/h6-14,16,23H,5,15,17-18H2,1-4H3,(H,30,32)/t23-,35?/m1/s1. The van der Waals surface area contributed by atoms with Crippen molar-refractivity contribution in [1.82, 2.24) is 14.3 Å². The minimum Gasteiger partial charge on any atom is -0.472 e. The van der Waals surface area contributed by atoms with Gasteiger partial charge in [-0.05, 0) is 60.7 Å². The maximum Gasteiger partial charge on any atom is 0.231 e. The lowest BCUT2D eigenvalue weighted by Crippen LogP contribution is -2.34. The van der Waals surface area contributed by atoms with Crippen molar-refractivity contribution in [3.05, 3.63) is 77.7 Å². The number of aryl methyl sites for hydroxylation is 1. The summed E-state index contributed by atoms with van der Waals surface area (Å²) in [5, 5.41) is 2.96. The molecular weight excluding hydrogens is 460 g/mol. The maximum atomic E-state index is 13.4. The number of benzene rings is 1. The molecule has 184 valence electrons. The molecule has 1 aliphatic rings. The Kier molecular flexibility index (Phi) is 7.62. The van der Waals surface area contributed by atoms with E-state index in [0.717, 1.165) is 23.1 Å². The van der Waals surface area contributed by atoms with Crippen LogP contribution in [-0.4, -0.2) is 37.0 Å². The molecule has 1 amide bonds. The molecule has 0 spiro atoms. The topological polar surface area (TPSA) is 84.4 Å². The summed E-state index contributed by atoms with van der Waals surface area (Å²) in [6.45, 7) is 9.06. The number of amides is 1. The zero-order chi connectivity index (χ0) is 25.0. The van der Waals surface area contributed by atoms with Gasteiger partial charge < -0.3 is 10.1 Å². The Balaban J connectivity index is 1.53. The van der Waals surface area contributed by atoms with Crippen LogP contribution in [0, 0.1) is 12.3 Å². The number of aromatic nitrogens is 2. The fourth-order valence-corrected chi connectivity index (χ4v) is 5.37. The van der Waals surface area contributed by atoms with Crippen molar-refractivity contribution in [1.29, 1.82) is 0 Å². The fraction of sp³-hybridized carbons (Fsp3) is 0.370. The summed E-state index contributed by atoms with van der Waals surface area (Å²) in [5.41, 5.74) is 3.32.